The fourth-order valence-corrected chi connectivity index (χ4v) is 2.11. The van der Waals surface area contributed by atoms with E-state index < -0.39 is 6.10 Å². The van der Waals surface area contributed by atoms with Crippen LogP contribution in [0.2, 0.25) is 0 Å². The lowest BCUT2D eigenvalue weighted by Crippen LogP contribution is -2.38. The Morgan fingerprint density at radius 1 is 1.29 bits per heavy atom. The minimum atomic E-state index is -0.435. The predicted octanol–water partition coefficient (Wildman–Crippen LogP) is 1.31. The molecule has 1 aromatic heterocycles. The summed E-state index contributed by atoms with van der Waals surface area (Å²) in [5.41, 5.74) is 0. The molecule has 2 rings (SSSR count). The lowest BCUT2D eigenvalue weighted by molar-refractivity contribution is 0.0602. The van der Waals surface area contributed by atoms with Gasteiger partial charge < -0.3 is 14.7 Å². The Bertz CT molecular complexity index is 312. The zero-order valence-electron chi connectivity index (χ0n) is 10.1. The van der Waals surface area contributed by atoms with Crippen LogP contribution >= 0.6 is 0 Å². The van der Waals surface area contributed by atoms with Crippen molar-refractivity contribution in [3.63, 3.8) is 0 Å². The molecule has 0 radical (unpaired) electrons. The van der Waals surface area contributed by atoms with Gasteiger partial charge in [-0.2, -0.15) is 0 Å². The fraction of sp³-hybridized carbons (Fsp3) is 0.615. The topological polar surface area (TPSA) is 45.6 Å². The van der Waals surface area contributed by atoms with Crippen molar-refractivity contribution in [2.75, 3.05) is 26.2 Å². The van der Waals surface area contributed by atoms with Gasteiger partial charge in [0.25, 0.3) is 0 Å². The molecule has 1 aromatic rings. The van der Waals surface area contributed by atoms with E-state index in [1.807, 2.05) is 12.1 Å². The second kappa shape index (κ2) is 6.57. The van der Waals surface area contributed by atoms with Gasteiger partial charge in [0.2, 0.25) is 5.88 Å². The SMILES string of the molecule is OC(COc1ccccn1)CN1CCCCC1. The quantitative estimate of drug-likeness (QED) is 0.837. The molecule has 1 N–H and O–H groups in total. The van der Waals surface area contributed by atoms with Crippen molar-refractivity contribution in [3.05, 3.63) is 24.4 Å². The highest BCUT2D eigenvalue weighted by Crippen LogP contribution is 2.09. The molecule has 0 aromatic carbocycles. The van der Waals surface area contributed by atoms with Gasteiger partial charge in [-0.3, -0.25) is 0 Å². The molecule has 2 heterocycles. The summed E-state index contributed by atoms with van der Waals surface area (Å²) in [5, 5.41) is 9.87. The minimum Gasteiger partial charge on any atom is -0.475 e. The average Bonchev–Trinajstić information content (AvgIpc) is 2.39. The molecule has 17 heavy (non-hydrogen) atoms. The Kier molecular flexibility index (Phi) is 4.76. The molecule has 1 aliphatic rings. The molecule has 1 atom stereocenters. The second-order valence-corrected chi connectivity index (χ2v) is 4.49. The number of aromatic nitrogens is 1. The van der Waals surface area contributed by atoms with Crippen LogP contribution in [0, 0.1) is 0 Å². The van der Waals surface area contributed by atoms with Crippen LogP contribution < -0.4 is 4.74 Å². The highest BCUT2D eigenvalue weighted by molar-refractivity contribution is 5.09. The van der Waals surface area contributed by atoms with E-state index in [1.165, 1.54) is 19.3 Å². The Hall–Kier alpha value is -1.13. The van der Waals surface area contributed by atoms with Crippen LogP contribution in [0.4, 0.5) is 0 Å². The fourth-order valence-electron chi connectivity index (χ4n) is 2.11. The highest BCUT2D eigenvalue weighted by Gasteiger charge is 2.14. The number of aliphatic hydroxyl groups is 1. The molecule has 1 saturated heterocycles. The van der Waals surface area contributed by atoms with E-state index in [9.17, 15) is 5.11 Å². The molecule has 4 nitrogen and oxygen atoms in total. The maximum atomic E-state index is 9.87. The largest absolute Gasteiger partial charge is 0.475 e. The molecule has 4 heteroatoms. The normalized spacial score (nSPS) is 18.9. The second-order valence-electron chi connectivity index (χ2n) is 4.49. The van der Waals surface area contributed by atoms with Gasteiger partial charge in [0, 0.05) is 18.8 Å². The number of aliphatic hydroxyl groups excluding tert-OH is 1. The molecule has 0 saturated carbocycles. The summed E-state index contributed by atoms with van der Waals surface area (Å²) in [4.78, 5) is 6.35. The van der Waals surface area contributed by atoms with Gasteiger partial charge in [-0.05, 0) is 32.0 Å². The minimum absolute atomic E-state index is 0.313. The first kappa shape index (κ1) is 12.3. The van der Waals surface area contributed by atoms with Crippen LogP contribution in [0.1, 0.15) is 19.3 Å². The first-order chi connectivity index (χ1) is 8.34. The van der Waals surface area contributed by atoms with Gasteiger partial charge in [-0.25, -0.2) is 4.98 Å². The van der Waals surface area contributed by atoms with Crippen molar-refractivity contribution >= 4 is 0 Å². The van der Waals surface area contributed by atoms with Crippen LogP contribution in [0.25, 0.3) is 0 Å². The summed E-state index contributed by atoms with van der Waals surface area (Å²) in [7, 11) is 0. The molecule has 1 fully saturated rings. The number of pyridine rings is 1. The van der Waals surface area contributed by atoms with E-state index in [1.54, 1.807) is 12.3 Å². The maximum Gasteiger partial charge on any atom is 0.213 e. The number of piperidine rings is 1. The summed E-state index contributed by atoms with van der Waals surface area (Å²) in [6, 6.07) is 5.52. The first-order valence-corrected chi connectivity index (χ1v) is 6.29. The van der Waals surface area contributed by atoms with Gasteiger partial charge in [-0.1, -0.05) is 12.5 Å². The predicted molar refractivity (Wildman–Crippen MR) is 66.0 cm³/mol. The van der Waals surface area contributed by atoms with Gasteiger partial charge >= 0.3 is 0 Å². The Morgan fingerprint density at radius 2 is 2.12 bits per heavy atom. The van der Waals surface area contributed by atoms with Crippen molar-refractivity contribution in [2.45, 2.75) is 25.4 Å². The Balaban J connectivity index is 1.68. The summed E-state index contributed by atoms with van der Waals surface area (Å²) >= 11 is 0. The lowest BCUT2D eigenvalue weighted by atomic mass is 10.1. The summed E-state index contributed by atoms with van der Waals surface area (Å²) < 4.78 is 5.42. The van der Waals surface area contributed by atoms with Crippen molar-refractivity contribution in [1.82, 2.24) is 9.88 Å². The number of likely N-dealkylation sites (tertiary alicyclic amines) is 1. The highest BCUT2D eigenvalue weighted by atomic mass is 16.5. The van der Waals surface area contributed by atoms with Crippen molar-refractivity contribution in [3.8, 4) is 5.88 Å². The van der Waals surface area contributed by atoms with E-state index in [-0.39, 0.29) is 0 Å². The molecule has 0 amide bonds. The Morgan fingerprint density at radius 3 is 2.82 bits per heavy atom. The van der Waals surface area contributed by atoms with E-state index in [0.717, 1.165) is 13.1 Å². The summed E-state index contributed by atoms with van der Waals surface area (Å²) in [6.07, 6.45) is 5.06. The standard InChI is InChI=1S/C13H20N2O2/c16-12(10-15-8-4-1-5-9-15)11-17-13-6-2-3-7-14-13/h2-3,6-7,12,16H,1,4-5,8-11H2. The monoisotopic (exact) mass is 236 g/mol. The molecule has 0 aliphatic carbocycles. The third-order valence-corrected chi connectivity index (χ3v) is 2.98. The summed E-state index contributed by atoms with van der Waals surface area (Å²) in [6.45, 7) is 3.21. The van der Waals surface area contributed by atoms with Gasteiger partial charge in [-0.15, -0.1) is 0 Å². The van der Waals surface area contributed by atoms with Crippen LogP contribution in [0.5, 0.6) is 5.88 Å². The van der Waals surface area contributed by atoms with Crippen molar-refractivity contribution in [1.29, 1.82) is 0 Å². The zero-order valence-corrected chi connectivity index (χ0v) is 10.1. The number of hydrogen-bond acceptors (Lipinski definition) is 4. The van der Waals surface area contributed by atoms with Gasteiger partial charge in [0.1, 0.15) is 12.7 Å². The molecule has 1 unspecified atom stereocenters. The molecule has 0 bridgehead atoms. The zero-order chi connectivity index (χ0) is 11.9. The van der Waals surface area contributed by atoms with E-state index in [2.05, 4.69) is 9.88 Å². The number of ether oxygens (including phenoxy) is 1. The Labute approximate surface area is 102 Å². The van der Waals surface area contributed by atoms with Gasteiger partial charge in [0.05, 0.1) is 0 Å². The van der Waals surface area contributed by atoms with E-state index >= 15 is 0 Å². The van der Waals surface area contributed by atoms with E-state index in [4.69, 9.17) is 4.74 Å². The molecule has 0 spiro atoms. The van der Waals surface area contributed by atoms with E-state index in [0.29, 0.717) is 19.0 Å². The molecular weight excluding hydrogens is 216 g/mol. The van der Waals surface area contributed by atoms with Crippen LogP contribution in [-0.4, -0.2) is 47.3 Å². The van der Waals surface area contributed by atoms with Crippen LogP contribution in [0.3, 0.4) is 0 Å². The number of β-amino-alcohol motifs (C(OH)–C–C–N with tert-alkyl or cyclic N) is 1. The van der Waals surface area contributed by atoms with Crippen LogP contribution in [-0.2, 0) is 0 Å². The number of rotatable bonds is 5. The first-order valence-electron chi connectivity index (χ1n) is 6.29. The molecule has 94 valence electrons. The van der Waals surface area contributed by atoms with Crippen molar-refractivity contribution in [2.24, 2.45) is 0 Å². The third-order valence-electron chi connectivity index (χ3n) is 2.98. The number of nitrogens with zero attached hydrogens (tertiary/aromatic N) is 2. The maximum absolute atomic E-state index is 9.87. The average molecular weight is 236 g/mol. The smallest absolute Gasteiger partial charge is 0.213 e. The van der Waals surface area contributed by atoms with Crippen LogP contribution in [0.15, 0.2) is 24.4 Å². The number of hydrogen-bond donors (Lipinski definition) is 1. The molecule has 1 aliphatic heterocycles. The molecular formula is C13H20N2O2. The summed E-state index contributed by atoms with van der Waals surface area (Å²) in [5.74, 6) is 0.574. The lowest BCUT2D eigenvalue weighted by Gasteiger charge is -2.28. The van der Waals surface area contributed by atoms with Gasteiger partial charge in [0.15, 0.2) is 0 Å². The third kappa shape index (κ3) is 4.32. The van der Waals surface area contributed by atoms with Crippen molar-refractivity contribution < 1.29 is 9.84 Å².